The predicted octanol–water partition coefficient (Wildman–Crippen LogP) is 15.2. The molecule has 1 aliphatic rings. The second-order valence-electron chi connectivity index (χ2n) is 14.8. The summed E-state index contributed by atoms with van der Waals surface area (Å²) >= 11 is 1.92. The van der Waals surface area contributed by atoms with Crippen LogP contribution in [0.4, 0.5) is 17.1 Å². The molecule has 57 heavy (non-hydrogen) atoms. The maximum Gasteiger partial charge on any atom is 0.0728 e. The summed E-state index contributed by atoms with van der Waals surface area (Å²) in [6, 6.07) is 82.3. The molecular formula is C55H37NS. The van der Waals surface area contributed by atoms with Crippen molar-refractivity contribution in [2.45, 2.75) is 5.41 Å². The Balaban J connectivity index is 1.08. The molecular weight excluding hydrogens is 707 g/mol. The van der Waals surface area contributed by atoms with E-state index in [4.69, 9.17) is 0 Å². The Hall–Kier alpha value is -7.00. The summed E-state index contributed by atoms with van der Waals surface area (Å²) in [7, 11) is 0. The largest absolute Gasteiger partial charge is 0.310 e. The monoisotopic (exact) mass is 743 g/mol. The lowest BCUT2D eigenvalue weighted by molar-refractivity contribution is 0.777. The molecule has 0 amide bonds. The Labute approximate surface area is 337 Å². The summed E-state index contributed by atoms with van der Waals surface area (Å²) in [6.07, 6.45) is 0. The van der Waals surface area contributed by atoms with Crippen LogP contribution in [0.2, 0.25) is 0 Å². The predicted molar refractivity (Wildman–Crippen MR) is 242 cm³/mol. The molecule has 0 spiro atoms. The van der Waals surface area contributed by atoms with Gasteiger partial charge in [-0.3, -0.25) is 0 Å². The number of thiophene rings is 1. The van der Waals surface area contributed by atoms with Crippen molar-refractivity contribution < 1.29 is 0 Å². The van der Waals surface area contributed by atoms with Crippen LogP contribution < -0.4 is 4.90 Å². The highest BCUT2D eigenvalue weighted by Gasteiger charge is 2.49. The standard InChI is InChI=1S/C55H37NS/c1-4-15-38(16-5-1)40-27-32-45(33-28-40)56(47-36-29-39-17-10-11-18-42(39)37-47)46-34-30-41(31-35-46)48-24-14-25-50-52(48)54-53(49-23-12-13-26-51(49)57-54)55(50,43-19-6-2-7-20-43)44-21-8-3-9-22-44/h1-37H. The van der Waals surface area contributed by atoms with E-state index in [-0.39, 0.29) is 0 Å². The van der Waals surface area contributed by atoms with Crippen LogP contribution >= 0.6 is 11.3 Å². The minimum atomic E-state index is -0.457. The maximum atomic E-state index is 2.38. The van der Waals surface area contributed by atoms with E-state index >= 15 is 0 Å². The summed E-state index contributed by atoms with van der Waals surface area (Å²) in [6.45, 7) is 0. The minimum absolute atomic E-state index is 0.457. The first kappa shape index (κ1) is 33.3. The molecule has 1 aliphatic carbocycles. The van der Waals surface area contributed by atoms with Crippen molar-refractivity contribution in [3.63, 3.8) is 0 Å². The molecule has 1 aromatic heterocycles. The van der Waals surface area contributed by atoms with E-state index in [0.29, 0.717) is 0 Å². The summed E-state index contributed by atoms with van der Waals surface area (Å²) in [5.41, 5.74) is 14.4. The number of hydrogen-bond acceptors (Lipinski definition) is 2. The lowest BCUT2D eigenvalue weighted by Gasteiger charge is -2.34. The van der Waals surface area contributed by atoms with Crippen molar-refractivity contribution in [3.05, 3.63) is 247 Å². The number of hydrogen-bond donors (Lipinski definition) is 0. The fraction of sp³-hybridized carbons (Fsp3) is 0.0182. The summed E-state index contributed by atoms with van der Waals surface area (Å²) in [4.78, 5) is 3.73. The molecule has 1 heterocycles. The molecule has 0 aliphatic heterocycles. The molecule has 1 nitrogen and oxygen atoms in total. The first-order valence-electron chi connectivity index (χ1n) is 19.6. The molecule has 268 valence electrons. The van der Waals surface area contributed by atoms with Crippen LogP contribution in [0, 0.1) is 0 Å². The van der Waals surface area contributed by atoms with E-state index in [1.54, 1.807) is 0 Å². The van der Waals surface area contributed by atoms with E-state index in [1.165, 1.54) is 75.8 Å². The van der Waals surface area contributed by atoms with E-state index < -0.39 is 5.41 Å². The Morgan fingerprint density at radius 1 is 0.386 bits per heavy atom. The van der Waals surface area contributed by atoms with Gasteiger partial charge in [-0.15, -0.1) is 11.3 Å². The number of benzene rings is 9. The second kappa shape index (κ2) is 13.6. The van der Waals surface area contributed by atoms with Crippen molar-refractivity contribution in [2.75, 3.05) is 4.90 Å². The van der Waals surface area contributed by atoms with Gasteiger partial charge in [-0.05, 0) is 103 Å². The van der Waals surface area contributed by atoms with Gasteiger partial charge in [0.05, 0.1) is 5.41 Å². The Kier molecular flexibility index (Phi) is 7.98. The quantitative estimate of drug-likeness (QED) is 0.157. The van der Waals surface area contributed by atoms with Gasteiger partial charge in [0, 0.05) is 32.2 Å². The van der Waals surface area contributed by atoms with E-state index in [0.717, 1.165) is 17.1 Å². The molecule has 0 N–H and O–H groups in total. The van der Waals surface area contributed by atoms with Crippen molar-refractivity contribution in [3.8, 4) is 32.7 Å². The van der Waals surface area contributed by atoms with Crippen molar-refractivity contribution >= 4 is 49.3 Å². The van der Waals surface area contributed by atoms with Crippen LogP contribution in [-0.4, -0.2) is 0 Å². The van der Waals surface area contributed by atoms with Gasteiger partial charge in [-0.25, -0.2) is 0 Å². The van der Waals surface area contributed by atoms with Crippen molar-refractivity contribution in [1.29, 1.82) is 0 Å². The summed E-state index contributed by atoms with van der Waals surface area (Å²) in [5, 5.41) is 3.78. The Bertz CT molecular complexity index is 3000. The topological polar surface area (TPSA) is 3.24 Å². The average molecular weight is 744 g/mol. The fourth-order valence-corrected chi connectivity index (χ4v) is 10.5. The molecule has 2 heteroatoms. The van der Waals surface area contributed by atoms with Gasteiger partial charge in [-0.2, -0.15) is 0 Å². The Morgan fingerprint density at radius 3 is 1.61 bits per heavy atom. The maximum absolute atomic E-state index is 2.38. The van der Waals surface area contributed by atoms with Crippen molar-refractivity contribution in [2.24, 2.45) is 0 Å². The lowest BCUT2D eigenvalue weighted by atomic mass is 9.67. The number of fused-ring (bicyclic) bond motifs is 6. The highest BCUT2D eigenvalue weighted by Crippen LogP contribution is 2.62. The van der Waals surface area contributed by atoms with Crippen molar-refractivity contribution in [1.82, 2.24) is 0 Å². The van der Waals surface area contributed by atoms with Gasteiger partial charge in [0.15, 0.2) is 0 Å². The molecule has 10 aromatic rings. The van der Waals surface area contributed by atoms with Crippen LogP contribution in [0.15, 0.2) is 224 Å². The zero-order valence-electron chi connectivity index (χ0n) is 31.2. The van der Waals surface area contributed by atoms with Gasteiger partial charge in [0.2, 0.25) is 0 Å². The van der Waals surface area contributed by atoms with E-state index in [2.05, 4.69) is 229 Å². The number of rotatable bonds is 7. The van der Waals surface area contributed by atoms with Gasteiger partial charge >= 0.3 is 0 Å². The highest BCUT2D eigenvalue weighted by molar-refractivity contribution is 7.22. The molecule has 0 bridgehead atoms. The third-order valence-corrected chi connectivity index (χ3v) is 12.9. The summed E-state index contributed by atoms with van der Waals surface area (Å²) in [5.74, 6) is 0. The molecule has 0 atom stereocenters. The zero-order chi connectivity index (χ0) is 37.8. The van der Waals surface area contributed by atoms with Crippen LogP contribution in [0.5, 0.6) is 0 Å². The SMILES string of the molecule is c1ccc(-c2ccc(N(c3ccc(-c4cccc5c4-c4sc6ccccc6c4C5(c4ccccc4)c4ccccc4)cc3)c3ccc4ccccc4c3)cc2)cc1. The third kappa shape index (κ3) is 5.37. The van der Waals surface area contributed by atoms with Gasteiger partial charge < -0.3 is 4.90 Å². The molecule has 9 aromatic carbocycles. The second-order valence-corrected chi connectivity index (χ2v) is 15.9. The van der Waals surface area contributed by atoms with Gasteiger partial charge in [0.25, 0.3) is 0 Å². The van der Waals surface area contributed by atoms with E-state index in [9.17, 15) is 0 Å². The average Bonchev–Trinajstić information content (AvgIpc) is 3.81. The minimum Gasteiger partial charge on any atom is -0.310 e. The molecule has 0 radical (unpaired) electrons. The first-order chi connectivity index (χ1) is 28.3. The number of anilines is 3. The smallest absolute Gasteiger partial charge is 0.0728 e. The Morgan fingerprint density at radius 2 is 0.930 bits per heavy atom. The lowest BCUT2D eigenvalue weighted by Crippen LogP contribution is -2.28. The highest BCUT2D eigenvalue weighted by atomic mass is 32.1. The first-order valence-corrected chi connectivity index (χ1v) is 20.4. The molecule has 0 fully saturated rings. The number of nitrogens with zero attached hydrogens (tertiary/aromatic N) is 1. The molecule has 0 saturated carbocycles. The van der Waals surface area contributed by atoms with Crippen LogP contribution in [-0.2, 0) is 5.41 Å². The van der Waals surface area contributed by atoms with E-state index in [1.807, 2.05) is 11.3 Å². The normalized spacial score (nSPS) is 12.7. The zero-order valence-corrected chi connectivity index (χ0v) is 32.0. The molecule has 11 rings (SSSR count). The summed E-state index contributed by atoms with van der Waals surface area (Å²) < 4.78 is 1.32. The third-order valence-electron chi connectivity index (χ3n) is 11.7. The van der Waals surface area contributed by atoms with Crippen LogP contribution in [0.3, 0.4) is 0 Å². The van der Waals surface area contributed by atoms with Crippen LogP contribution in [0.1, 0.15) is 22.3 Å². The fourth-order valence-electron chi connectivity index (χ4n) is 9.21. The molecule has 0 saturated heterocycles. The van der Waals surface area contributed by atoms with Gasteiger partial charge in [0.1, 0.15) is 0 Å². The van der Waals surface area contributed by atoms with Crippen LogP contribution in [0.25, 0.3) is 53.6 Å². The molecule has 0 unspecified atom stereocenters. The van der Waals surface area contributed by atoms with Gasteiger partial charge in [-0.1, -0.05) is 182 Å².